The molecule has 35 heavy (non-hydrogen) atoms. The van der Waals surface area contributed by atoms with Crippen molar-refractivity contribution in [1.82, 2.24) is 5.32 Å². The SMILES string of the molecule is O=Cc1ccccc1Sc1c(Cl)cccc1CNC(=O)OCC1c2ccccc2-c2ccccc21. The van der Waals surface area contributed by atoms with E-state index in [-0.39, 0.29) is 19.1 Å². The molecule has 0 heterocycles. The predicted octanol–water partition coefficient (Wildman–Crippen LogP) is 7.34. The highest BCUT2D eigenvalue weighted by Crippen LogP contribution is 2.44. The Morgan fingerprint density at radius 3 is 2.26 bits per heavy atom. The smallest absolute Gasteiger partial charge is 0.407 e. The summed E-state index contributed by atoms with van der Waals surface area (Å²) in [5.74, 6) is 0.00489. The summed E-state index contributed by atoms with van der Waals surface area (Å²) in [5, 5.41) is 3.41. The molecule has 0 bridgehead atoms. The van der Waals surface area contributed by atoms with Gasteiger partial charge < -0.3 is 10.1 Å². The maximum absolute atomic E-state index is 12.6. The van der Waals surface area contributed by atoms with E-state index in [0.29, 0.717) is 10.6 Å². The molecule has 174 valence electrons. The van der Waals surface area contributed by atoms with Crippen molar-refractivity contribution in [2.24, 2.45) is 0 Å². The Morgan fingerprint density at radius 2 is 1.54 bits per heavy atom. The van der Waals surface area contributed by atoms with Gasteiger partial charge in [0.1, 0.15) is 6.61 Å². The number of halogens is 1. The molecule has 0 unspecified atom stereocenters. The molecule has 4 nitrogen and oxygen atoms in total. The summed E-state index contributed by atoms with van der Waals surface area (Å²) < 4.78 is 5.65. The molecule has 1 N–H and O–H groups in total. The quantitative estimate of drug-likeness (QED) is 0.270. The van der Waals surface area contributed by atoms with Crippen molar-refractivity contribution in [3.05, 3.63) is 118 Å². The third-order valence-corrected chi connectivity index (χ3v) is 7.78. The van der Waals surface area contributed by atoms with Crippen molar-refractivity contribution in [2.45, 2.75) is 22.3 Å². The lowest BCUT2D eigenvalue weighted by Crippen LogP contribution is -2.26. The lowest BCUT2D eigenvalue weighted by molar-refractivity contribution is 0.112. The zero-order valence-corrected chi connectivity index (χ0v) is 20.3. The molecule has 0 saturated carbocycles. The van der Waals surface area contributed by atoms with Crippen LogP contribution >= 0.6 is 23.4 Å². The summed E-state index contributed by atoms with van der Waals surface area (Å²) in [4.78, 5) is 25.6. The number of hydrogen-bond donors (Lipinski definition) is 1. The summed E-state index contributed by atoms with van der Waals surface area (Å²) in [6, 6.07) is 29.4. The van der Waals surface area contributed by atoms with Crippen LogP contribution in [-0.2, 0) is 11.3 Å². The monoisotopic (exact) mass is 499 g/mol. The average molecular weight is 500 g/mol. The predicted molar refractivity (Wildman–Crippen MR) is 139 cm³/mol. The Kier molecular flexibility index (Phi) is 6.89. The number of hydrogen-bond acceptors (Lipinski definition) is 4. The van der Waals surface area contributed by atoms with Gasteiger partial charge in [-0.3, -0.25) is 4.79 Å². The molecular formula is C29H22ClNO3S. The Labute approximate surface area is 213 Å². The highest BCUT2D eigenvalue weighted by Gasteiger charge is 2.29. The molecule has 0 radical (unpaired) electrons. The largest absolute Gasteiger partial charge is 0.449 e. The molecule has 5 rings (SSSR count). The molecular weight excluding hydrogens is 478 g/mol. The van der Waals surface area contributed by atoms with E-state index in [0.717, 1.165) is 21.6 Å². The summed E-state index contributed by atoms with van der Waals surface area (Å²) in [7, 11) is 0. The molecule has 1 aliphatic rings. The standard InChI is InChI=1S/C29H22ClNO3S/c30-26-14-7-9-19(28(26)35-27-15-6-1-8-20(27)17-32)16-31-29(33)34-18-25-23-12-4-2-10-21(23)22-11-3-5-13-24(22)25/h1-15,17,25H,16,18H2,(H,31,33). The van der Waals surface area contributed by atoms with E-state index in [1.807, 2.05) is 54.6 Å². The Balaban J connectivity index is 1.26. The van der Waals surface area contributed by atoms with Crippen LogP contribution in [-0.4, -0.2) is 19.0 Å². The Hall–Kier alpha value is -3.54. The van der Waals surface area contributed by atoms with Gasteiger partial charge in [0.05, 0.1) is 5.02 Å². The van der Waals surface area contributed by atoms with Crippen molar-refractivity contribution in [1.29, 1.82) is 0 Å². The number of aldehydes is 1. The third-order valence-electron chi connectivity index (χ3n) is 6.07. The number of carbonyl (C=O) groups is 2. The summed E-state index contributed by atoms with van der Waals surface area (Å²) >= 11 is 7.89. The second-order valence-corrected chi connectivity index (χ2v) is 9.62. The van der Waals surface area contributed by atoms with Crippen LogP contribution in [0.15, 0.2) is 101 Å². The second kappa shape index (κ2) is 10.4. The van der Waals surface area contributed by atoms with Gasteiger partial charge in [-0.2, -0.15) is 0 Å². The van der Waals surface area contributed by atoms with Gasteiger partial charge in [-0.05, 0) is 39.9 Å². The van der Waals surface area contributed by atoms with Crippen molar-refractivity contribution < 1.29 is 14.3 Å². The first-order valence-corrected chi connectivity index (χ1v) is 12.4. The van der Waals surface area contributed by atoms with Gasteiger partial charge in [0, 0.05) is 27.8 Å². The van der Waals surface area contributed by atoms with Crippen molar-refractivity contribution in [3.63, 3.8) is 0 Å². The summed E-state index contributed by atoms with van der Waals surface area (Å²) in [5.41, 5.74) is 6.15. The first-order valence-electron chi connectivity index (χ1n) is 11.2. The first kappa shape index (κ1) is 23.2. The normalized spacial score (nSPS) is 12.0. The van der Waals surface area contributed by atoms with Crippen LogP contribution in [0.25, 0.3) is 11.1 Å². The van der Waals surface area contributed by atoms with Gasteiger partial charge in [0.2, 0.25) is 0 Å². The van der Waals surface area contributed by atoms with Crippen molar-refractivity contribution in [2.75, 3.05) is 6.61 Å². The van der Waals surface area contributed by atoms with Gasteiger partial charge in [0.15, 0.2) is 6.29 Å². The minimum Gasteiger partial charge on any atom is -0.449 e. The zero-order chi connectivity index (χ0) is 24.2. The fraction of sp³-hybridized carbons (Fsp3) is 0.103. The van der Waals surface area contributed by atoms with E-state index in [1.54, 1.807) is 12.1 Å². The number of amides is 1. The maximum Gasteiger partial charge on any atom is 0.407 e. The van der Waals surface area contributed by atoms with Crippen LogP contribution in [0.1, 0.15) is 33.0 Å². The molecule has 1 amide bonds. The topological polar surface area (TPSA) is 55.4 Å². The van der Waals surface area contributed by atoms with E-state index in [9.17, 15) is 9.59 Å². The number of ether oxygens (including phenoxy) is 1. The summed E-state index contributed by atoms with van der Waals surface area (Å²) in [6.07, 6.45) is 0.337. The van der Waals surface area contributed by atoms with Crippen LogP contribution in [0.5, 0.6) is 0 Å². The van der Waals surface area contributed by atoms with E-state index in [2.05, 4.69) is 29.6 Å². The number of benzene rings is 4. The molecule has 0 aliphatic heterocycles. The lowest BCUT2D eigenvalue weighted by Gasteiger charge is -2.16. The average Bonchev–Trinajstić information content (AvgIpc) is 3.21. The number of alkyl carbamates (subject to hydrolysis) is 1. The molecule has 6 heteroatoms. The molecule has 4 aromatic carbocycles. The van der Waals surface area contributed by atoms with Crippen LogP contribution in [0.3, 0.4) is 0 Å². The third kappa shape index (κ3) is 4.83. The maximum atomic E-state index is 12.6. The molecule has 0 saturated heterocycles. The molecule has 0 aromatic heterocycles. The van der Waals surface area contributed by atoms with E-state index in [4.69, 9.17) is 16.3 Å². The number of nitrogens with one attached hydrogen (secondary N) is 1. The molecule has 1 aliphatic carbocycles. The fourth-order valence-corrected chi connectivity index (χ4v) is 5.75. The van der Waals surface area contributed by atoms with Crippen molar-refractivity contribution in [3.8, 4) is 11.1 Å². The minimum atomic E-state index is -0.490. The van der Waals surface area contributed by atoms with E-state index >= 15 is 0 Å². The minimum absolute atomic E-state index is 0.00489. The highest BCUT2D eigenvalue weighted by molar-refractivity contribution is 7.99. The molecule has 0 atom stereocenters. The fourth-order valence-electron chi connectivity index (χ4n) is 4.40. The Bertz CT molecular complexity index is 1360. The van der Waals surface area contributed by atoms with E-state index < -0.39 is 6.09 Å². The lowest BCUT2D eigenvalue weighted by atomic mass is 9.98. The van der Waals surface area contributed by atoms with Crippen LogP contribution < -0.4 is 5.32 Å². The van der Waals surface area contributed by atoms with E-state index in [1.165, 1.54) is 34.0 Å². The number of rotatable bonds is 7. The van der Waals surface area contributed by atoms with Gasteiger partial charge >= 0.3 is 6.09 Å². The van der Waals surface area contributed by atoms with Gasteiger partial charge in [-0.1, -0.05) is 102 Å². The van der Waals surface area contributed by atoms with Crippen LogP contribution in [0.2, 0.25) is 5.02 Å². The van der Waals surface area contributed by atoms with Gasteiger partial charge in [-0.25, -0.2) is 4.79 Å². The first-order chi connectivity index (χ1) is 17.2. The van der Waals surface area contributed by atoms with Crippen molar-refractivity contribution >= 4 is 35.7 Å². The zero-order valence-electron chi connectivity index (χ0n) is 18.7. The van der Waals surface area contributed by atoms with Crippen LogP contribution in [0.4, 0.5) is 4.79 Å². The second-order valence-electron chi connectivity index (χ2n) is 8.16. The van der Waals surface area contributed by atoms with Gasteiger partial charge in [-0.15, -0.1) is 0 Å². The molecule has 4 aromatic rings. The summed E-state index contributed by atoms with van der Waals surface area (Å²) in [6.45, 7) is 0.506. The highest BCUT2D eigenvalue weighted by atomic mass is 35.5. The molecule has 0 fully saturated rings. The van der Waals surface area contributed by atoms with Gasteiger partial charge in [0.25, 0.3) is 0 Å². The van der Waals surface area contributed by atoms with Crippen LogP contribution in [0, 0.1) is 0 Å². The number of carbonyl (C=O) groups excluding carboxylic acids is 2. The molecule has 0 spiro atoms. The number of fused-ring (bicyclic) bond motifs is 3. The Morgan fingerprint density at radius 1 is 0.886 bits per heavy atom.